The molecule has 0 saturated carbocycles. The van der Waals surface area contributed by atoms with Gasteiger partial charge in [-0.25, -0.2) is 16.8 Å². The zero-order valence-electron chi connectivity index (χ0n) is 13.9. The highest BCUT2D eigenvalue weighted by Gasteiger charge is 2.19. The summed E-state index contributed by atoms with van der Waals surface area (Å²) in [5, 5.41) is 2.43. The quantitative estimate of drug-likeness (QED) is 0.150. The summed E-state index contributed by atoms with van der Waals surface area (Å²) in [6.07, 6.45) is -1.52. The zero-order chi connectivity index (χ0) is 20.4. The molecule has 0 aliphatic rings. The number of ether oxygens (including phenoxy) is 1. The Bertz CT molecular complexity index is 661. The molecule has 1 N–H and O–H groups in total. The molecule has 0 spiro atoms. The van der Waals surface area contributed by atoms with Gasteiger partial charge >= 0.3 is 5.97 Å². The summed E-state index contributed by atoms with van der Waals surface area (Å²) >= 11 is 0.957. The summed E-state index contributed by atoms with van der Waals surface area (Å²) in [5.41, 5.74) is 0. The van der Waals surface area contributed by atoms with Crippen molar-refractivity contribution in [2.75, 3.05) is 31.3 Å². The van der Waals surface area contributed by atoms with Crippen LogP contribution in [0.3, 0.4) is 0 Å². The second-order valence-corrected chi connectivity index (χ2v) is 8.04. The van der Waals surface area contributed by atoms with E-state index in [-0.39, 0.29) is 30.6 Å². The molecule has 0 radical (unpaired) electrons. The number of hydrogen-bond acceptors (Lipinski definition) is 12. The van der Waals surface area contributed by atoms with Crippen LogP contribution >= 0.6 is 11.8 Å². The van der Waals surface area contributed by atoms with Crippen LogP contribution in [0.25, 0.3) is 0 Å². The molecular formula is C11H19NO11S3-2. The smallest absolute Gasteiger partial charge is 0.309 e. The number of carbonyl (C=O) groups excluding carboxylic acids is 2. The van der Waals surface area contributed by atoms with Crippen LogP contribution in [0.1, 0.15) is 13.8 Å². The molecule has 0 aromatic heterocycles. The number of carbonyl (C=O) groups is 2. The molecule has 0 aromatic carbocycles. The predicted molar refractivity (Wildman–Crippen MR) is 86.4 cm³/mol. The van der Waals surface area contributed by atoms with Crippen molar-refractivity contribution < 1.29 is 48.6 Å². The maximum atomic E-state index is 11.7. The molecule has 0 heterocycles. The minimum Gasteiger partial charge on any atom is -0.726 e. The maximum Gasteiger partial charge on any atom is 0.309 e. The number of rotatable bonds is 13. The van der Waals surface area contributed by atoms with Crippen molar-refractivity contribution >= 4 is 44.4 Å². The first kappa shape index (κ1) is 25.0. The molecule has 12 nitrogen and oxygen atoms in total. The molecule has 15 heteroatoms. The summed E-state index contributed by atoms with van der Waals surface area (Å²) < 4.78 is 75.8. The zero-order valence-corrected chi connectivity index (χ0v) is 16.4. The minimum atomic E-state index is -5.15. The van der Waals surface area contributed by atoms with Gasteiger partial charge in [0.15, 0.2) is 0 Å². The molecular weight excluding hydrogens is 418 g/mol. The van der Waals surface area contributed by atoms with Crippen molar-refractivity contribution in [1.29, 1.82) is 0 Å². The fourth-order valence-corrected chi connectivity index (χ4v) is 3.31. The van der Waals surface area contributed by atoms with Gasteiger partial charge in [0.2, 0.25) is 26.7 Å². The van der Waals surface area contributed by atoms with Gasteiger partial charge in [0.05, 0.1) is 19.1 Å². The van der Waals surface area contributed by atoms with Crippen molar-refractivity contribution in [2.24, 2.45) is 5.92 Å². The van der Waals surface area contributed by atoms with E-state index in [1.165, 1.54) is 13.8 Å². The van der Waals surface area contributed by atoms with E-state index in [9.17, 15) is 35.5 Å². The molecule has 0 aliphatic heterocycles. The Morgan fingerprint density at radius 3 is 2.23 bits per heavy atom. The van der Waals surface area contributed by atoms with Crippen molar-refractivity contribution in [1.82, 2.24) is 5.32 Å². The highest BCUT2D eigenvalue weighted by atomic mass is 32.3. The lowest BCUT2D eigenvalue weighted by molar-refractivity contribution is -0.147. The summed E-state index contributed by atoms with van der Waals surface area (Å²) in [5.74, 6) is -1.57. The SMILES string of the molecule is CC(=O)NCCOC(=O)C(C)CSCC(COS(=O)(=O)[O-])OS(=O)(=O)[O-]. The Balaban J connectivity index is 4.32. The summed E-state index contributed by atoms with van der Waals surface area (Å²) in [7, 11) is -10.2. The molecule has 2 atom stereocenters. The predicted octanol–water partition coefficient (Wildman–Crippen LogP) is -1.64. The lowest BCUT2D eigenvalue weighted by Gasteiger charge is -2.20. The molecule has 0 rings (SSSR count). The van der Waals surface area contributed by atoms with Gasteiger partial charge < -0.3 is 19.2 Å². The van der Waals surface area contributed by atoms with Crippen LogP contribution in [0.2, 0.25) is 0 Å². The number of esters is 1. The molecule has 1 amide bonds. The Morgan fingerprint density at radius 2 is 1.73 bits per heavy atom. The highest BCUT2D eigenvalue weighted by molar-refractivity contribution is 7.99. The van der Waals surface area contributed by atoms with Crippen LogP contribution in [0.4, 0.5) is 0 Å². The first-order chi connectivity index (χ1) is 11.8. The molecule has 26 heavy (non-hydrogen) atoms. The Morgan fingerprint density at radius 1 is 1.12 bits per heavy atom. The van der Waals surface area contributed by atoms with E-state index < -0.39 is 45.4 Å². The van der Waals surface area contributed by atoms with Gasteiger partial charge in [-0.15, -0.1) is 0 Å². The van der Waals surface area contributed by atoms with Gasteiger partial charge in [-0.1, -0.05) is 6.92 Å². The second-order valence-electron chi connectivity index (χ2n) is 4.91. The Labute approximate surface area is 155 Å². The minimum absolute atomic E-state index is 0.0250. The average Bonchev–Trinajstić information content (AvgIpc) is 2.46. The fourth-order valence-electron chi connectivity index (χ4n) is 1.39. The standard InChI is InChI=1S/C11H21NO11S3/c1-8(11(14)21-4-3-12-9(2)13)6-24-7-10(23-26(18,19)20)5-22-25(15,16)17/h8,10H,3-7H2,1-2H3,(H,12,13)(H,15,16,17)(H,18,19,20)/p-2. The first-order valence-electron chi connectivity index (χ1n) is 7.03. The van der Waals surface area contributed by atoms with Crippen LogP contribution in [-0.2, 0) is 43.5 Å². The normalized spacial score (nSPS) is 14.5. The van der Waals surface area contributed by atoms with E-state index in [4.69, 9.17) is 4.74 Å². The van der Waals surface area contributed by atoms with E-state index in [0.29, 0.717) is 0 Å². The number of thioether (sulfide) groups is 1. The van der Waals surface area contributed by atoms with Crippen LogP contribution in [0.15, 0.2) is 0 Å². The lowest BCUT2D eigenvalue weighted by atomic mass is 10.2. The van der Waals surface area contributed by atoms with Gasteiger partial charge in [0, 0.05) is 18.4 Å². The van der Waals surface area contributed by atoms with E-state index in [1.54, 1.807) is 0 Å². The monoisotopic (exact) mass is 437 g/mol. The molecule has 0 saturated heterocycles. The third-order valence-corrected chi connectivity index (χ3v) is 4.72. The Hall–Kier alpha value is -0.970. The van der Waals surface area contributed by atoms with E-state index in [1.807, 2.05) is 0 Å². The number of hydrogen-bond donors (Lipinski definition) is 1. The summed E-state index contributed by atoms with van der Waals surface area (Å²) in [6, 6.07) is 0. The topological polar surface area (TPSA) is 188 Å². The van der Waals surface area contributed by atoms with Crippen molar-refractivity contribution in [2.45, 2.75) is 20.0 Å². The third kappa shape index (κ3) is 15.3. The van der Waals surface area contributed by atoms with Gasteiger partial charge in [-0.3, -0.25) is 18.0 Å². The van der Waals surface area contributed by atoms with Gasteiger partial charge in [0.1, 0.15) is 12.7 Å². The number of nitrogens with one attached hydrogen (secondary N) is 1. The van der Waals surface area contributed by atoms with E-state index >= 15 is 0 Å². The van der Waals surface area contributed by atoms with Crippen LogP contribution in [0, 0.1) is 5.92 Å². The van der Waals surface area contributed by atoms with Crippen LogP contribution < -0.4 is 5.32 Å². The molecule has 0 aliphatic carbocycles. The number of amides is 1. The molecule has 0 bridgehead atoms. The largest absolute Gasteiger partial charge is 0.726 e. The van der Waals surface area contributed by atoms with Crippen LogP contribution in [-0.4, -0.2) is 75.2 Å². The van der Waals surface area contributed by atoms with E-state index in [0.717, 1.165) is 11.8 Å². The molecule has 154 valence electrons. The third-order valence-electron chi connectivity index (χ3n) is 2.45. The van der Waals surface area contributed by atoms with Gasteiger partial charge in [-0.2, -0.15) is 11.8 Å². The van der Waals surface area contributed by atoms with Crippen LogP contribution in [0.5, 0.6) is 0 Å². The Kier molecular flexibility index (Phi) is 11.2. The molecule has 0 aromatic rings. The maximum absolute atomic E-state index is 11.7. The summed E-state index contributed by atoms with van der Waals surface area (Å²) in [4.78, 5) is 22.3. The van der Waals surface area contributed by atoms with Crippen molar-refractivity contribution in [3.63, 3.8) is 0 Å². The fraction of sp³-hybridized carbons (Fsp3) is 0.818. The highest BCUT2D eigenvalue weighted by Crippen LogP contribution is 2.14. The van der Waals surface area contributed by atoms with Gasteiger partial charge in [0.25, 0.3) is 0 Å². The average molecular weight is 437 g/mol. The molecule has 0 fully saturated rings. The van der Waals surface area contributed by atoms with Crippen molar-refractivity contribution in [3.05, 3.63) is 0 Å². The van der Waals surface area contributed by atoms with Gasteiger partial charge in [-0.05, 0) is 0 Å². The second kappa shape index (κ2) is 11.7. The summed E-state index contributed by atoms with van der Waals surface area (Å²) in [6.45, 7) is 1.99. The van der Waals surface area contributed by atoms with Crippen molar-refractivity contribution in [3.8, 4) is 0 Å². The lowest BCUT2D eigenvalue weighted by Crippen LogP contribution is -2.29. The van der Waals surface area contributed by atoms with E-state index in [2.05, 4.69) is 13.7 Å². The first-order valence-corrected chi connectivity index (χ1v) is 10.9. The molecule has 2 unspecified atom stereocenters.